The smallest absolute Gasteiger partial charge is 0.252 e. The van der Waals surface area contributed by atoms with Crippen molar-refractivity contribution in [2.24, 2.45) is 5.73 Å². The van der Waals surface area contributed by atoms with E-state index in [9.17, 15) is 8.42 Å². The van der Waals surface area contributed by atoms with Crippen LogP contribution in [0.4, 0.5) is 0 Å². The van der Waals surface area contributed by atoms with Gasteiger partial charge in [0, 0.05) is 19.6 Å². The predicted octanol–water partition coefficient (Wildman–Crippen LogP) is 2.55. The molecule has 20 heavy (non-hydrogen) atoms. The number of thiophene rings is 1. The molecule has 0 aliphatic heterocycles. The summed E-state index contributed by atoms with van der Waals surface area (Å²) in [6.45, 7) is 0.841. The molecule has 0 saturated carbocycles. The third-order valence-electron chi connectivity index (χ3n) is 2.72. The highest BCUT2D eigenvalue weighted by Crippen LogP contribution is 2.28. The second kappa shape index (κ2) is 6.69. The van der Waals surface area contributed by atoms with Crippen LogP contribution in [0.2, 0.25) is 4.34 Å². The molecular weight excluding hydrogens is 316 g/mol. The number of sulfonamides is 1. The predicted molar refractivity (Wildman–Crippen MR) is 82.4 cm³/mol. The van der Waals surface area contributed by atoms with Crippen molar-refractivity contribution in [3.63, 3.8) is 0 Å². The molecule has 0 unspecified atom stereocenters. The number of hydrogen-bond donors (Lipinski definition) is 1. The third kappa shape index (κ3) is 3.59. The van der Waals surface area contributed by atoms with Crippen LogP contribution in [0, 0.1) is 0 Å². The van der Waals surface area contributed by atoms with Gasteiger partial charge in [-0.05, 0) is 17.7 Å². The average Bonchev–Trinajstić information content (AvgIpc) is 2.87. The van der Waals surface area contributed by atoms with Crippen LogP contribution in [-0.4, -0.2) is 25.8 Å². The minimum Gasteiger partial charge on any atom is -0.329 e. The summed E-state index contributed by atoms with van der Waals surface area (Å²) in [4.78, 5) is 0. The van der Waals surface area contributed by atoms with Crippen molar-refractivity contribution in [1.82, 2.24) is 4.31 Å². The van der Waals surface area contributed by atoms with Gasteiger partial charge < -0.3 is 5.73 Å². The summed E-state index contributed by atoms with van der Waals surface area (Å²) in [5, 5.41) is 0. The first-order chi connectivity index (χ1) is 9.54. The summed E-state index contributed by atoms with van der Waals surface area (Å²) in [5.74, 6) is 0. The Kier molecular flexibility index (Phi) is 5.17. The van der Waals surface area contributed by atoms with Crippen LogP contribution in [-0.2, 0) is 16.6 Å². The Hall–Kier alpha value is -0.920. The van der Waals surface area contributed by atoms with E-state index in [-0.39, 0.29) is 17.3 Å². The molecule has 2 N–H and O–H groups in total. The monoisotopic (exact) mass is 330 g/mol. The Morgan fingerprint density at radius 1 is 1.15 bits per heavy atom. The van der Waals surface area contributed by atoms with E-state index in [0.29, 0.717) is 10.9 Å². The summed E-state index contributed by atoms with van der Waals surface area (Å²) >= 11 is 6.87. The molecule has 0 amide bonds. The molecule has 0 aliphatic carbocycles. The van der Waals surface area contributed by atoms with Gasteiger partial charge in [0.1, 0.15) is 4.21 Å². The summed E-state index contributed by atoms with van der Waals surface area (Å²) in [6, 6.07) is 12.5. The molecule has 0 fully saturated rings. The third-order valence-corrected chi connectivity index (χ3v) is 6.27. The van der Waals surface area contributed by atoms with Gasteiger partial charge >= 0.3 is 0 Å². The second-order valence-electron chi connectivity index (χ2n) is 4.17. The van der Waals surface area contributed by atoms with Crippen LogP contribution in [0.25, 0.3) is 0 Å². The van der Waals surface area contributed by atoms with Crippen LogP contribution < -0.4 is 5.73 Å². The van der Waals surface area contributed by atoms with Crippen LogP contribution in [0.15, 0.2) is 46.7 Å². The number of rotatable bonds is 6. The van der Waals surface area contributed by atoms with E-state index in [1.54, 1.807) is 6.07 Å². The van der Waals surface area contributed by atoms with E-state index in [4.69, 9.17) is 17.3 Å². The van der Waals surface area contributed by atoms with Crippen molar-refractivity contribution in [3.8, 4) is 0 Å². The maximum absolute atomic E-state index is 12.6. The van der Waals surface area contributed by atoms with Crippen LogP contribution in [0.3, 0.4) is 0 Å². The maximum Gasteiger partial charge on any atom is 0.252 e. The van der Waals surface area contributed by atoms with Crippen molar-refractivity contribution >= 4 is 33.0 Å². The molecule has 0 spiro atoms. The molecule has 0 bridgehead atoms. The van der Waals surface area contributed by atoms with E-state index in [0.717, 1.165) is 16.9 Å². The zero-order valence-corrected chi connectivity index (χ0v) is 13.1. The van der Waals surface area contributed by atoms with Crippen molar-refractivity contribution in [3.05, 3.63) is 52.4 Å². The Labute approximate surface area is 127 Å². The highest BCUT2D eigenvalue weighted by molar-refractivity contribution is 7.91. The van der Waals surface area contributed by atoms with Crippen molar-refractivity contribution < 1.29 is 8.42 Å². The lowest BCUT2D eigenvalue weighted by Crippen LogP contribution is -2.34. The molecule has 2 rings (SSSR count). The topological polar surface area (TPSA) is 63.4 Å². The van der Waals surface area contributed by atoms with Crippen molar-refractivity contribution in [1.29, 1.82) is 0 Å². The molecular formula is C13H15ClN2O2S2. The Morgan fingerprint density at radius 2 is 1.85 bits per heavy atom. The molecule has 2 aromatic rings. The molecule has 4 nitrogen and oxygen atoms in total. The normalized spacial score (nSPS) is 11.9. The van der Waals surface area contributed by atoms with E-state index in [2.05, 4.69) is 0 Å². The van der Waals surface area contributed by atoms with Gasteiger partial charge in [0.05, 0.1) is 4.34 Å². The van der Waals surface area contributed by atoms with E-state index < -0.39 is 10.0 Å². The number of hydrogen-bond acceptors (Lipinski definition) is 4. The lowest BCUT2D eigenvalue weighted by molar-refractivity contribution is 0.415. The molecule has 0 radical (unpaired) electrons. The van der Waals surface area contributed by atoms with Gasteiger partial charge in [0.25, 0.3) is 10.0 Å². The highest BCUT2D eigenvalue weighted by Gasteiger charge is 2.25. The minimum absolute atomic E-state index is 0.242. The standard InChI is InChI=1S/C13H15ClN2O2S2/c14-12-6-7-13(19-12)20(17,18)16(9-8-15)10-11-4-2-1-3-5-11/h1-7H,8-10,15H2. The fraction of sp³-hybridized carbons (Fsp3) is 0.231. The lowest BCUT2D eigenvalue weighted by atomic mass is 10.2. The summed E-state index contributed by atoms with van der Waals surface area (Å²) in [7, 11) is -3.55. The van der Waals surface area contributed by atoms with Gasteiger partial charge in [-0.15, -0.1) is 11.3 Å². The first kappa shape index (κ1) is 15.5. The Balaban J connectivity index is 2.28. The number of halogens is 1. The fourth-order valence-corrected chi connectivity index (χ4v) is 4.86. The van der Waals surface area contributed by atoms with E-state index in [1.165, 1.54) is 10.4 Å². The van der Waals surface area contributed by atoms with Gasteiger partial charge in [-0.25, -0.2) is 8.42 Å². The molecule has 1 aromatic heterocycles. The van der Waals surface area contributed by atoms with Gasteiger partial charge in [0.2, 0.25) is 0 Å². The highest BCUT2D eigenvalue weighted by atomic mass is 35.5. The Morgan fingerprint density at radius 3 is 2.40 bits per heavy atom. The molecule has 0 aliphatic rings. The molecule has 0 atom stereocenters. The van der Waals surface area contributed by atoms with Crippen LogP contribution in [0.1, 0.15) is 5.56 Å². The summed E-state index contributed by atoms with van der Waals surface area (Å²) in [6.07, 6.45) is 0. The molecule has 1 aromatic carbocycles. The number of nitrogens with zero attached hydrogens (tertiary/aromatic N) is 1. The number of nitrogens with two attached hydrogens (primary N) is 1. The largest absolute Gasteiger partial charge is 0.329 e. The average molecular weight is 331 g/mol. The van der Waals surface area contributed by atoms with Gasteiger partial charge in [-0.2, -0.15) is 4.31 Å². The summed E-state index contributed by atoms with van der Waals surface area (Å²) in [5.41, 5.74) is 6.46. The quantitative estimate of drug-likeness (QED) is 0.885. The SMILES string of the molecule is NCCN(Cc1ccccc1)S(=O)(=O)c1ccc(Cl)s1. The maximum atomic E-state index is 12.6. The zero-order valence-electron chi connectivity index (χ0n) is 10.7. The molecule has 0 saturated heterocycles. The second-order valence-corrected chi connectivity index (χ2v) is 8.05. The van der Waals surface area contributed by atoms with Crippen LogP contribution in [0.5, 0.6) is 0 Å². The molecule has 7 heteroatoms. The first-order valence-corrected chi connectivity index (χ1v) is 8.67. The lowest BCUT2D eigenvalue weighted by Gasteiger charge is -2.20. The zero-order chi connectivity index (χ0) is 14.6. The van der Waals surface area contributed by atoms with Crippen molar-refractivity contribution in [2.75, 3.05) is 13.1 Å². The van der Waals surface area contributed by atoms with Crippen molar-refractivity contribution in [2.45, 2.75) is 10.8 Å². The number of benzene rings is 1. The first-order valence-electron chi connectivity index (χ1n) is 6.03. The molecule has 108 valence electrons. The van der Waals surface area contributed by atoms with Crippen LogP contribution >= 0.6 is 22.9 Å². The minimum atomic E-state index is -3.55. The fourth-order valence-electron chi connectivity index (χ4n) is 1.78. The summed E-state index contributed by atoms with van der Waals surface area (Å²) < 4.78 is 27.2. The molecule has 1 heterocycles. The van der Waals surface area contributed by atoms with Gasteiger partial charge in [0.15, 0.2) is 0 Å². The van der Waals surface area contributed by atoms with E-state index in [1.807, 2.05) is 30.3 Å². The van der Waals surface area contributed by atoms with Gasteiger partial charge in [-0.1, -0.05) is 41.9 Å². The van der Waals surface area contributed by atoms with Gasteiger partial charge in [-0.3, -0.25) is 0 Å². The van der Waals surface area contributed by atoms with E-state index >= 15 is 0 Å². The Bertz CT molecular complexity index is 656.